The number of hydrogen-bond acceptors (Lipinski definition) is 5. The molecular weight excluding hydrogens is 284 g/mol. The molecule has 0 bridgehead atoms. The zero-order chi connectivity index (χ0) is 16.1. The Kier molecular flexibility index (Phi) is 4.73. The van der Waals surface area contributed by atoms with Gasteiger partial charge in [-0.3, -0.25) is 15.1 Å². The summed E-state index contributed by atoms with van der Waals surface area (Å²) in [6, 6.07) is 11.2. The Morgan fingerprint density at radius 2 is 1.95 bits per heavy atom. The first kappa shape index (κ1) is 15.5. The molecule has 2 aromatic rings. The second-order valence-corrected chi connectivity index (χ2v) is 4.70. The molecule has 1 N–H and O–H groups in total. The largest absolute Gasteiger partial charge is 0.504 e. The quantitative estimate of drug-likeness (QED) is 0.520. The number of nitro groups is 1. The number of nitro benzene ring substituents is 1. The third kappa shape index (κ3) is 3.41. The number of rotatable bonds is 5. The Bertz CT molecular complexity index is 696. The van der Waals surface area contributed by atoms with E-state index < -0.39 is 4.92 Å². The maximum absolute atomic E-state index is 10.6. The number of hydrogen-bond donors (Lipinski definition) is 1. The number of phenols is 1. The van der Waals surface area contributed by atoms with Gasteiger partial charge in [0.2, 0.25) is 0 Å². The minimum absolute atomic E-state index is 0.0321. The van der Waals surface area contributed by atoms with E-state index in [4.69, 9.17) is 4.74 Å². The number of aromatic hydroxyl groups is 1. The molecular formula is C16H16N2O4. The maximum atomic E-state index is 10.6. The molecule has 0 radical (unpaired) electrons. The fourth-order valence-electron chi connectivity index (χ4n) is 1.96. The van der Waals surface area contributed by atoms with Crippen LogP contribution in [0.5, 0.6) is 11.5 Å². The highest BCUT2D eigenvalue weighted by Crippen LogP contribution is 2.28. The number of methoxy groups -OCH3 is 1. The lowest BCUT2D eigenvalue weighted by Gasteiger charge is -2.08. The third-order valence-corrected chi connectivity index (χ3v) is 3.27. The smallest absolute Gasteiger partial charge is 0.269 e. The van der Waals surface area contributed by atoms with Gasteiger partial charge < -0.3 is 9.84 Å². The fraction of sp³-hybridized carbons (Fsp3) is 0.188. The van der Waals surface area contributed by atoms with Gasteiger partial charge in [0, 0.05) is 23.9 Å². The van der Waals surface area contributed by atoms with Crippen LogP contribution in [0, 0.1) is 10.1 Å². The summed E-state index contributed by atoms with van der Waals surface area (Å²) in [6.45, 7) is 1.87. The van der Waals surface area contributed by atoms with E-state index in [1.807, 2.05) is 6.92 Å². The number of para-hydroxylation sites is 1. The highest BCUT2D eigenvalue weighted by Gasteiger charge is 2.09. The molecule has 2 rings (SSSR count). The van der Waals surface area contributed by atoms with Gasteiger partial charge in [0.1, 0.15) is 0 Å². The Labute approximate surface area is 127 Å². The van der Waals surface area contributed by atoms with Crippen molar-refractivity contribution in [2.24, 2.45) is 4.99 Å². The van der Waals surface area contributed by atoms with E-state index in [1.165, 1.54) is 19.2 Å². The van der Waals surface area contributed by atoms with Gasteiger partial charge in [0.15, 0.2) is 11.5 Å². The molecule has 1 atom stereocenters. The van der Waals surface area contributed by atoms with Gasteiger partial charge in [-0.1, -0.05) is 18.2 Å². The van der Waals surface area contributed by atoms with Crippen molar-refractivity contribution in [2.45, 2.75) is 13.0 Å². The molecule has 0 fully saturated rings. The van der Waals surface area contributed by atoms with Crippen LogP contribution in [-0.2, 0) is 0 Å². The molecule has 0 spiro atoms. The summed E-state index contributed by atoms with van der Waals surface area (Å²) in [5, 5.41) is 20.6. The summed E-state index contributed by atoms with van der Waals surface area (Å²) in [5.74, 6) is 0.414. The van der Waals surface area contributed by atoms with Gasteiger partial charge in [0.25, 0.3) is 5.69 Å². The average Bonchev–Trinajstić information content (AvgIpc) is 2.53. The van der Waals surface area contributed by atoms with E-state index in [1.54, 1.807) is 36.5 Å². The normalized spacial score (nSPS) is 12.3. The van der Waals surface area contributed by atoms with E-state index in [0.717, 1.165) is 5.56 Å². The first-order chi connectivity index (χ1) is 10.5. The van der Waals surface area contributed by atoms with Gasteiger partial charge in [-0.05, 0) is 24.6 Å². The van der Waals surface area contributed by atoms with Crippen LogP contribution >= 0.6 is 0 Å². The number of aliphatic imine (C=N–C) groups is 1. The molecule has 114 valence electrons. The van der Waals surface area contributed by atoms with Crippen molar-refractivity contribution >= 4 is 11.9 Å². The Morgan fingerprint density at radius 3 is 2.55 bits per heavy atom. The second kappa shape index (κ2) is 6.71. The number of non-ortho nitro benzene ring substituents is 1. The lowest BCUT2D eigenvalue weighted by Crippen LogP contribution is -1.94. The summed E-state index contributed by atoms with van der Waals surface area (Å²) >= 11 is 0. The first-order valence-corrected chi connectivity index (χ1v) is 6.66. The van der Waals surface area contributed by atoms with Crippen molar-refractivity contribution in [3.63, 3.8) is 0 Å². The zero-order valence-electron chi connectivity index (χ0n) is 12.3. The van der Waals surface area contributed by atoms with Gasteiger partial charge in [-0.25, -0.2) is 0 Å². The number of ether oxygens (including phenoxy) is 1. The lowest BCUT2D eigenvalue weighted by atomic mass is 10.1. The summed E-state index contributed by atoms with van der Waals surface area (Å²) in [6.07, 6.45) is 1.56. The van der Waals surface area contributed by atoms with E-state index in [9.17, 15) is 15.2 Å². The van der Waals surface area contributed by atoms with Crippen molar-refractivity contribution < 1.29 is 14.8 Å². The Hall–Kier alpha value is -2.89. The summed E-state index contributed by atoms with van der Waals surface area (Å²) < 4.78 is 5.04. The van der Waals surface area contributed by atoms with Crippen LogP contribution in [0.4, 0.5) is 5.69 Å². The van der Waals surface area contributed by atoms with Crippen LogP contribution in [0.2, 0.25) is 0 Å². The molecule has 0 unspecified atom stereocenters. The standard InChI is InChI=1S/C16H16N2O4/c1-11(12-6-8-14(9-7-12)18(20)21)17-10-13-4-3-5-15(22-2)16(13)19/h3-11,19H,1-2H3/t11-/m1/s1. The summed E-state index contributed by atoms with van der Waals surface area (Å²) in [4.78, 5) is 14.6. The SMILES string of the molecule is COc1cccc(C=N[C@H](C)c2ccc([N+](=O)[O-])cc2)c1O. The molecule has 0 saturated heterocycles. The highest BCUT2D eigenvalue weighted by molar-refractivity contribution is 5.84. The topological polar surface area (TPSA) is 85.0 Å². The van der Waals surface area contributed by atoms with Gasteiger partial charge in [0.05, 0.1) is 18.1 Å². The predicted molar refractivity (Wildman–Crippen MR) is 83.8 cm³/mol. The summed E-state index contributed by atoms with van der Waals surface area (Å²) in [7, 11) is 1.48. The van der Waals surface area contributed by atoms with E-state index in [-0.39, 0.29) is 17.5 Å². The van der Waals surface area contributed by atoms with Crippen LogP contribution in [0.25, 0.3) is 0 Å². The van der Waals surface area contributed by atoms with Gasteiger partial charge in [-0.15, -0.1) is 0 Å². The number of phenolic OH excluding ortho intramolecular Hbond substituents is 1. The molecule has 2 aromatic carbocycles. The van der Waals surface area contributed by atoms with Gasteiger partial charge in [-0.2, -0.15) is 0 Å². The lowest BCUT2D eigenvalue weighted by molar-refractivity contribution is -0.384. The highest BCUT2D eigenvalue weighted by atomic mass is 16.6. The first-order valence-electron chi connectivity index (χ1n) is 6.66. The fourth-order valence-corrected chi connectivity index (χ4v) is 1.96. The monoisotopic (exact) mass is 300 g/mol. The molecule has 0 aliphatic carbocycles. The van der Waals surface area contributed by atoms with E-state index in [0.29, 0.717) is 11.3 Å². The third-order valence-electron chi connectivity index (χ3n) is 3.27. The van der Waals surface area contributed by atoms with Crippen LogP contribution in [0.15, 0.2) is 47.5 Å². The molecule has 22 heavy (non-hydrogen) atoms. The molecule has 0 heterocycles. The molecule has 0 saturated carbocycles. The maximum Gasteiger partial charge on any atom is 0.269 e. The van der Waals surface area contributed by atoms with E-state index >= 15 is 0 Å². The van der Waals surface area contributed by atoms with Crippen molar-refractivity contribution in [1.82, 2.24) is 0 Å². The predicted octanol–water partition coefficient (Wildman–Crippen LogP) is 3.49. The molecule has 0 aliphatic rings. The Balaban J connectivity index is 2.17. The average molecular weight is 300 g/mol. The van der Waals surface area contributed by atoms with Crippen molar-refractivity contribution in [1.29, 1.82) is 0 Å². The molecule has 6 nitrogen and oxygen atoms in total. The number of benzene rings is 2. The van der Waals surface area contributed by atoms with Crippen molar-refractivity contribution in [2.75, 3.05) is 7.11 Å². The Morgan fingerprint density at radius 1 is 1.27 bits per heavy atom. The molecule has 0 amide bonds. The van der Waals surface area contributed by atoms with Gasteiger partial charge >= 0.3 is 0 Å². The van der Waals surface area contributed by atoms with E-state index in [2.05, 4.69) is 4.99 Å². The number of nitrogens with zero attached hydrogens (tertiary/aromatic N) is 2. The van der Waals surface area contributed by atoms with Crippen molar-refractivity contribution in [3.05, 3.63) is 63.7 Å². The summed E-state index contributed by atoms with van der Waals surface area (Å²) in [5.41, 5.74) is 1.45. The van der Waals surface area contributed by atoms with Crippen LogP contribution < -0.4 is 4.74 Å². The molecule has 6 heteroatoms. The van der Waals surface area contributed by atoms with Crippen molar-refractivity contribution in [3.8, 4) is 11.5 Å². The molecule has 0 aromatic heterocycles. The minimum atomic E-state index is -0.438. The van der Waals surface area contributed by atoms with Crippen LogP contribution in [-0.4, -0.2) is 23.4 Å². The zero-order valence-corrected chi connectivity index (χ0v) is 12.3. The second-order valence-electron chi connectivity index (χ2n) is 4.70. The molecule has 0 aliphatic heterocycles. The van der Waals surface area contributed by atoms with Crippen LogP contribution in [0.1, 0.15) is 24.1 Å². The minimum Gasteiger partial charge on any atom is -0.504 e. The van der Waals surface area contributed by atoms with Crippen LogP contribution in [0.3, 0.4) is 0 Å².